The number of ether oxygens (including phenoxy) is 1. The summed E-state index contributed by atoms with van der Waals surface area (Å²) in [5.41, 5.74) is 2.15. The molecule has 0 aliphatic heterocycles. The minimum absolute atomic E-state index is 0.0285. The number of aliphatic hydroxyl groups excluding tert-OH is 1. The highest BCUT2D eigenvalue weighted by molar-refractivity contribution is 5.39. The zero-order valence-corrected chi connectivity index (χ0v) is 11.8. The van der Waals surface area contributed by atoms with Crippen molar-refractivity contribution in [3.05, 3.63) is 59.2 Å². The Bertz CT molecular complexity index is 674. The molecule has 2 aromatic rings. The third-order valence-corrected chi connectivity index (χ3v) is 2.89. The maximum Gasteiger partial charge on any atom is 0.142 e. The second kappa shape index (κ2) is 7.41. The molecule has 2 rings (SSSR count). The number of benzene rings is 1. The van der Waals surface area contributed by atoms with E-state index in [-0.39, 0.29) is 6.61 Å². The Kier molecular flexibility index (Phi) is 5.30. The highest BCUT2D eigenvalue weighted by atomic mass is 19.1. The molecular formula is C17H16FNO2. The molecule has 0 aliphatic rings. The van der Waals surface area contributed by atoms with Crippen LogP contribution in [-0.2, 0) is 6.61 Å². The highest BCUT2D eigenvalue weighted by Gasteiger charge is 2.04. The van der Waals surface area contributed by atoms with Gasteiger partial charge in [0.25, 0.3) is 0 Å². The van der Waals surface area contributed by atoms with Gasteiger partial charge in [-0.05, 0) is 30.7 Å². The Balaban J connectivity index is 2.04. The van der Waals surface area contributed by atoms with Crippen molar-refractivity contribution >= 4 is 0 Å². The number of hydrogen-bond acceptors (Lipinski definition) is 3. The van der Waals surface area contributed by atoms with E-state index in [0.717, 1.165) is 11.3 Å². The van der Waals surface area contributed by atoms with Crippen molar-refractivity contribution in [3.63, 3.8) is 0 Å². The summed E-state index contributed by atoms with van der Waals surface area (Å²) >= 11 is 0. The van der Waals surface area contributed by atoms with Gasteiger partial charge in [0.05, 0.1) is 17.9 Å². The molecule has 0 saturated heterocycles. The van der Waals surface area contributed by atoms with E-state index in [1.165, 1.54) is 6.07 Å². The molecule has 0 amide bonds. The first-order valence-corrected chi connectivity index (χ1v) is 6.63. The van der Waals surface area contributed by atoms with Crippen molar-refractivity contribution in [3.8, 4) is 17.6 Å². The van der Waals surface area contributed by atoms with Gasteiger partial charge in [-0.15, -0.1) is 0 Å². The largest absolute Gasteiger partial charge is 0.487 e. The van der Waals surface area contributed by atoms with E-state index < -0.39 is 5.82 Å². The van der Waals surface area contributed by atoms with E-state index in [0.29, 0.717) is 24.3 Å². The van der Waals surface area contributed by atoms with E-state index in [9.17, 15) is 4.39 Å². The molecule has 0 spiro atoms. The van der Waals surface area contributed by atoms with Gasteiger partial charge in [-0.25, -0.2) is 4.39 Å². The van der Waals surface area contributed by atoms with Crippen molar-refractivity contribution in [1.29, 1.82) is 0 Å². The number of rotatable bonds is 4. The van der Waals surface area contributed by atoms with Crippen molar-refractivity contribution in [2.45, 2.75) is 20.0 Å². The van der Waals surface area contributed by atoms with Crippen LogP contribution in [0.5, 0.6) is 5.75 Å². The smallest absolute Gasteiger partial charge is 0.142 e. The molecule has 1 heterocycles. The predicted molar refractivity (Wildman–Crippen MR) is 78.3 cm³/mol. The molecule has 21 heavy (non-hydrogen) atoms. The molecule has 1 N–H and O–H groups in total. The highest BCUT2D eigenvalue weighted by Crippen LogP contribution is 2.17. The summed E-state index contributed by atoms with van der Waals surface area (Å²) in [4.78, 5) is 4.22. The van der Waals surface area contributed by atoms with E-state index >= 15 is 0 Å². The minimum Gasteiger partial charge on any atom is -0.487 e. The van der Waals surface area contributed by atoms with Gasteiger partial charge in [0.2, 0.25) is 0 Å². The van der Waals surface area contributed by atoms with Crippen LogP contribution in [0.3, 0.4) is 0 Å². The summed E-state index contributed by atoms with van der Waals surface area (Å²) in [6.45, 7) is 2.22. The molecule has 1 aromatic carbocycles. The van der Waals surface area contributed by atoms with Crippen molar-refractivity contribution in [1.82, 2.24) is 4.98 Å². The summed E-state index contributed by atoms with van der Waals surface area (Å²) in [7, 11) is 0. The van der Waals surface area contributed by atoms with Crippen molar-refractivity contribution < 1.29 is 14.2 Å². The lowest BCUT2D eigenvalue weighted by Crippen LogP contribution is -2.01. The Hall–Kier alpha value is -2.38. The zero-order chi connectivity index (χ0) is 15.1. The normalized spacial score (nSPS) is 9.86. The fourth-order valence-electron chi connectivity index (χ4n) is 1.72. The molecule has 108 valence electrons. The van der Waals surface area contributed by atoms with Crippen LogP contribution < -0.4 is 4.74 Å². The lowest BCUT2D eigenvalue weighted by atomic mass is 10.2. The minimum atomic E-state index is -0.435. The maximum atomic E-state index is 13.8. The monoisotopic (exact) mass is 285 g/mol. The van der Waals surface area contributed by atoms with Crippen LogP contribution in [-0.4, -0.2) is 16.7 Å². The lowest BCUT2D eigenvalue weighted by molar-refractivity contribution is 0.299. The second-order valence-electron chi connectivity index (χ2n) is 4.47. The van der Waals surface area contributed by atoms with Crippen LogP contribution in [0.15, 0.2) is 36.5 Å². The fraction of sp³-hybridized carbons (Fsp3) is 0.235. The van der Waals surface area contributed by atoms with E-state index in [4.69, 9.17) is 9.84 Å². The number of halogens is 1. The van der Waals surface area contributed by atoms with Crippen LogP contribution in [0.1, 0.15) is 23.2 Å². The Morgan fingerprint density at radius 3 is 2.90 bits per heavy atom. The molecule has 0 aliphatic carbocycles. The summed E-state index contributed by atoms with van der Waals surface area (Å²) in [6.07, 6.45) is 2.03. The zero-order valence-electron chi connectivity index (χ0n) is 11.8. The summed E-state index contributed by atoms with van der Waals surface area (Å²) < 4.78 is 19.4. The van der Waals surface area contributed by atoms with Gasteiger partial charge in [-0.3, -0.25) is 4.98 Å². The molecule has 0 bridgehead atoms. The first-order valence-electron chi connectivity index (χ1n) is 6.63. The number of nitrogens with zero attached hydrogens (tertiary/aromatic N) is 1. The molecule has 3 nitrogen and oxygen atoms in total. The second-order valence-corrected chi connectivity index (χ2v) is 4.47. The van der Waals surface area contributed by atoms with Crippen LogP contribution in [0.2, 0.25) is 0 Å². The Morgan fingerprint density at radius 2 is 2.19 bits per heavy atom. The molecule has 0 unspecified atom stereocenters. The van der Waals surface area contributed by atoms with Gasteiger partial charge >= 0.3 is 0 Å². The van der Waals surface area contributed by atoms with Gasteiger partial charge in [0.1, 0.15) is 18.2 Å². The average molecular weight is 285 g/mol. The van der Waals surface area contributed by atoms with Crippen LogP contribution in [0.25, 0.3) is 0 Å². The number of aromatic nitrogens is 1. The van der Waals surface area contributed by atoms with Crippen LogP contribution in [0, 0.1) is 24.6 Å². The number of hydrogen-bond donors (Lipinski definition) is 1. The molecule has 4 heteroatoms. The molecular weight excluding hydrogens is 269 g/mol. The summed E-state index contributed by atoms with van der Waals surface area (Å²) in [6, 6.07) is 8.36. The number of pyridine rings is 1. The van der Waals surface area contributed by atoms with Crippen LogP contribution in [0.4, 0.5) is 4.39 Å². The quantitative estimate of drug-likeness (QED) is 0.878. The van der Waals surface area contributed by atoms with Gasteiger partial charge in [-0.1, -0.05) is 17.9 Å². The van der Waals surface area contributed by atoms with Crippen molar-refractivity contribution in [2.24, 2.45) is 0 Å². The molecule has 0 atom stereocenters. The standard InChI is InChI=1S/C17H16FNO2/c1-13-5-4-9-19-17(13)12-21-15-8-7-14(16(18)11-15)6-2-3-10-20/h4-5,7-9,11,20H,3,10,12H2,1H3. The van der Waals surface area contributed by atoms with Gasteiger partial charge < -0.3 is 9.84 Å². The average Bonchev–Trinajstić information content (AvgIpc) is 2.49. The number of aryl methyl sites for hydroxylation is 1. The SMILES string of the molecule is Cc1cccnc1COc1ccc(C#CCCO)c(F)c1. The van der Waals surface area contributed by atoms with Gasteiger partial charge in [0, 0.05) is 18.7 Å². The van der Waals surface area contributed by atoms with Crippen molar-refractivity contribution in [2.75, 3.05) is 6.61 Å². The summed E-state index contributed by atoms with van der Waals surface area (Å²) in [5, 5.41) is 8.64. The Labute approximate surface area is 123 Å². The number of aliphatic hydroxyl groups is 1. The third-order valence-electron chi connectivity index (χ3n) is 2.89. The first-order chi connectivity index (χ1) is 10.2. The summed E-state index contributed by atoms with van der Waals surface area (Å²) in [5.74, 6) is 5.36. The van der Waals surface area contributed by atoms with E-state index in [2.05, 4.69) is 16.8 Å². The Morgan fingerprint density at radius 1 is 1.33 bits per heavy atom. The first kappa shape index (κ1) is 15.0. The van der Waals surface area contributed by atoms with E-state index in [1.807, 2.05) is 19.1 Å². The van der Waals surface area contributed by atoms with Gasteiger partial charge in [-0.2, -0.15) is 0 Å². The molecule has 1 aromatic heterocycles. The lowest BCUT2D eigenvalue weighted by Gasteiger charge is -2.08. The van der Waals surface area contributed by atoms with Crippen LogP contribution >= 0.6 is 0 Å². The topological polar surface area (TPSA) is 42.4 Å². The third kappa shape index (κ3) is 4.30. The molecule has 0 radical (unpaired) electrons. The molecule has 0 saturated carbocycles. The molecule has 0 fully saturated rings. The van der Waals surface area contributed by atoms with Gasteiger partial charge in [0.15, 0.2) is 0 Å². The predicted octanol–water partition coefficient (Wildman–Crippen LogP) is 2.84. The maximum absolute atomic E-state index is 13.8. The fourth-order valence-corrected chi connectivity index (χ4v) is 1.72. The van der Waals surface area contributed by atoms with E-state index in [1.54, 1.807) is 18.3 Å².